The molecule has 2 aromatic heterocycles. The van der Waals surface area contributed by atoms with Gasteiger partial charge in [0.2, 0.25) is 0 Å². The zero-order valence-electron chi connectivity index (χ0n) is 11.3. The summed E-state index contributed by atoms with van der Waals surface area (Å²) in [4.78, 5) is 17.0. The second kappa shape index (κ2) is 4.81. The Kier molecular flexibility index (Phi) is 2.99. The van der Waals surface area contributed by atoms with E-state index in [4.69, 9.17) is 4.74 Å². The molecule has 1 aromatic carbocycles. The van der Waals surface area contributed by atoms with Crippen LogP contribution in [0.5, 0.6) is 5.75 Å². The van der Waals surface area contributed by atoms with Gasteiger partial charge >= 0.3 is 0 Å². The number of hydrogen-bond donors (Lipinski definition) is 0. The van der Waals surface area contributed by atoms with E-state index in [0.29, 0.717) is 22.7 Å². The molecular weight excluding hydrogens is 252 g/mol. The van der Waals surface area contributed by atoms with Gasteiger partial charge in [0.15, 0.2) is 0 Å². The van der Waals surface area contributed by atoms with Crippen LogP contribution in [0.1, 0.15) is 5.56 Å². The molecule has 0 unspecified atom stereocenters. The Balaban J connectivity index is 2.34. The van der Waals surface area contributed by atoms with Crippen molar-refractivity contribution in [1.29, 1.82) is 0 Å². The quantitative estimate of drug-likeness (QED) is 0.716. The minimum atomic E-state index is -0.0588. The van der Waals surface area contributed by atoms with Crippen LogP contribution >= 0.6 is 0 Å². The lowest BCUT2D eigenvalue weighted by molar-refractivity contribution is 0.414. The molecule has 3 rings (SSSR count). The van der Waals surface area contributed by atoms with E-state index in [2.05, 4.69) is 4.98 Å². The maximum absolute atomic E-state index is 12.4. The Labute approximate surface area is 116 Å². The van der Waals surface area contributed by atoms with Crippen LogP contribution in [0.15, 0.2) is 53.5 Å². The predicted octanol–water partition coefficient (Wildman–Crippen LogP) is 2.68. The number of hydrogen-bond acceptors (Lipinski definition) is 3. The van der Waals surface area contributed by atoms with E-state index in [0.717, 1.165) is 5.56 Å². The molecule has 0 aliphatic heterocycles. The molecule has 20 heavy (non-hydrogen) atoms. The average Bonchev–Trinajstić information content (AvgIpc) is 2.51. The van der Waals surface area contributed by atoms with Crippen LogP contribution in [0.3, 0.4) is 0 Å². The number of rotatable bonds is 2. The van der Waals surface area contributed by atoms with Gasteiger partial charge in [-0.15, -0.1) is 0 Å². The van der Waals surface area contributed by atoms with Gasteiger partial charge < -0.3 is 4.74 Å². The van der Waals surface area contributed by atoms with Gasteiger partial charge in [-0.3, -0.25) is 9.20 Å². The van der Waals surface area contributed by atoms with Gasteiger partial charge in [-0.05, 0) is 13.0 Å². The second-order valence-electron chi connectivity index (χ2n) is 4.55. The average molecular weight is 266 g/mol. The van der Waals surface area contributed by atoms with Crippen molar-refractivity contribution in [1.82, 2.24) is 9.38 Å². The first-order valence-corrected chi connectivity index (χ1v) is 6.33. The summed E-state index contributed by atoms with van der Waals surface area (Å²) in [5.41, 5.74) is 2.81. The highest BCUT2D eigenvalue weighted by Crippen LogP contribution is 2.20. The van der Waals surface area contributed by atoms with Crippen molar-refractivity contribution < 1.29 is 4.74 Å². The highest BCUT2D eigenvalue weighted by Gasteiger charge is 2.10. The van der Waals surface area contributed by atoms with Crippen molar-refractivity contribution in [2.75, 3.05) is 7.11 Å². The van der Waals surface area contributed by atoms with Crippen molar-refractivity contribution in [3.63, 3.8) is 0 Å². The van der Waals surface area contributed by atoms with Gasteiger partial charge in [-0.2, -0.15) is 0 Å². The summed E-state index contributed by atoms with van der Waals surface area (Å²) in [5, 5.41) is 0. The first kappa shape index (κ1) is 12.4. The van der Waals surface area contributed by atoms with Crippen LogP contribution < -0.4 is 10.3 Å². The van der Waals surface area contributed by atoms with E-state index in [-0.39, 0.29) is 5.56 Å². The SMILES string of the molecule is COc1ccn2c(=O)c(C)c(-c3ccccc3)nc2c1. The van der Waals surface area contributed by atoms with E-state index in [1.165, 1.54) is 4.40 Å². The lowest BCUT2D eigenvalue weighted by Crippen LogP contribution is -2.18. The molecule has 0 atom stereocenters. The number of ether oxygens (including phenoxy) is 1. The Morgan fingerprint density at radius 1 is 1.15 bits per heavy atom. The summed E-state index contributed by atoms with van der Waals surface area (Å²) in [7, 11) is 1.59. The third-order valence-corrected chi connectivity index (χ3v) is 3.31. The van der Waals surface area contributed by atoms with Crippen LogP contribution in [0.25, 0.3) is 16.9 Å². The molecular formula is C16H14N2O2. The number of benzene rings is 1. The maximum Gasteiger partial charge on any atom is 0.261 e. The first-order valence-electron chi connectivity index (χ1n) is 6.33. The highest BCUT2D eigenvalue weighted by atomic mass is 16.5. The monoisotopic (exact) mass is 266 g/mol. The third-order valence-electron chi connectivity index (χ3n) is 3.31. The van der Waals surface area contributed by atoms with E-state index >= 15 is 0 Å². The Bertz CT molecular complexity index is 823. The van der Waals surface area contributed by atoms with Gasteiger partial charge in [-0.1, -0.05) is 30.3 Å². The molecule has 100 valence electrons. The number of fused-ring (bicyclic) bond motifs is 1. The predicted molar refractivity (Wildman–Crippen MR) is 78.2 cm³/mol. The summed E-state index contributed by atoms with van der Waals surface area (Å²) >= 11 is 0. The zero-order valence-corrected chi connectivity index (χ0v) is 11.3. The molecule has 0 radical (unpaired) electrons. The van der Waals surface area contributed by atoms with Crippen molar-refractivity contribution in [3.8, 4) is 17.0 Å². The minimum Gasteiger partial charge on any atom is -0.497 e. The highest BCUT2D eigenvalue weighted by molar-refractivity contribution is 5.65. The zero-order chi connectivity index (χ0) is 14.1. The van der Waals surface area contributed by atoms with Crippen LogP contribution in [0, 0.1) is 6.92 Å². The molecule has 0 bridgehead atoms. The summed E-state index contributed by atoms with van der Waals surface area (Å²) in [6, 6.07) is 13.2. The molecule has 0 aliphatic rings. The largest absolute Gasteiger partial charge is 0.497 e. The molecule has 0 saturated carbocycles. The summed E-state index contributed by atoms with van der Waals surface area (Å²) < 4.78 is 6.71. The smallest absolute Gasteiger partial charge is 0.261 e. The summed E-state index contributed by atoms with van der Waals surface area (Å²) in [6.45, 7) is 1.80. The van der Waals surface area contributed by atoms with Gasteiger partial charge in [0.25, 0.3) is 5.56 Å². The molecule has 0 spiro atoms. The Hall–Kier alpha value is -2.62. The molecule has 0 aliphatic carbocycles. The second-order valence-corrected chi connectivity index (χ2v) is 4.55. The normalized spacial score (nSPS) is 10.7. The first-order chi connectivity index (χ1) is 9.70. The van der Waals surface area contributed by atoms with Crippen molar-refractivity contribution >= 4 is 5.65 Å². The fourth-order valence-corrected chi connectivity index (χ4v) is 2.21. The summed E-state index contributed by atoms with van der Waals surface area (Å²) in [5.74, 6) is 0.680. The standard InChI is InChI=1S/C16H14N2O2/c1-11-15(12-6-4-3-5-7-12)17-14-10-13(20-2)8-9-18(14)16(11)19/h3-10H,1-2H3. The topological polar surface area (TPSA) is 43.6 Å². The molecule has 0 fully saturated rings. The van der Waals surface area contributed by atoms with Crippen LogP contribution in [-0.2, 0) is 0 Å². The van der Waals surface area contributed by atoms with Gasteiger partial charge in [-0.25, -0.2) is 4.98 Å². The number of methoxy groups -OCH3 is 1. The molecule has 2 heterocycles. The number of pyridine rings is 1. The number of aromatic nitrogens is 2. The van der Waals surface area contributed by atoms with Crippen LogP contribution in [0.4, 0.5) is 0 Å². The molecule has 0 N–H and O–H groups in total. The molecule has 0 amide bonds. The fraction of sp³-hybridized carbons (Fsp3) is 0.125. The van der Waals surface area contributed by atoms with Gasteiger partial charge in [0.05, 0.1) is 12.8 Å². The van der Waals surface area contributed by atoms with E-state index in [9.17, 15) is 4.79 Å². The van der Waals surface area contributed by atoms with E-state index in [1.807, 2.05) is 30.3 Å². The lowest BCUT2D eigenvalue weighted by Gasteiger charge is -2.09. The van der Waals surface area contributed by atoms with Gasteiger partial charge in [0, 0.05) is 23.4 Å². The van der Waals surface area contributed by atoms with E-state index < -0.39 is 0 Å². The van der Waals surface area contributed by atoms with Crippen LogP contribution in [0.2, 0.25) is 0 Å². The molecule has 4 nitrogen and oxygen atoms in total. The molecule has 4 heteroatoms. The molecule has 3 aromatic rings. The van der Waals surface area contributed by atoms with Crippen molar-refractivity contribution in [3.05, 3.63) is 64.6 Å². The Morgan fingerprint density at radius 2 is 1.90 bits per heavy atom. The lowest BCUT2D eigenvalue weighted by atomic mass is 10.1. The van der Waals surface area contributed by atoms with Crippen molar-refractivity contribution in [2.45, 2.75) is 6.92 Å². The number of nitrogens with zero attached hydrogens (tertiary/aromatic N) is 2. The maximum atomic E-state index is 12.4. The third kappa shape index (κ3) is 1.95. The summed E-state index contributed by atoms with van der Waals surface area (Å²) in [6.07, 6.45) is 1.69. The minimum absolute atomic E-state index is 0.0588. The Morgan fingerprint density at radius 3 is 2.60 bits per heavy atom. The van der Waals surface area contributed by atoms with Crippen LogP contribution in [-0.4, -0.2) is 16.5 Å². The van der Waals surface area contributed by atoms with E-state index in [1.54, 1.807) is 32.4 Å². The fourth-order valence-electron chi connectivity index (χ4n) is 2.21. The molecule has 0 saturated heterocycles. The van der Waals surface area contributed by atoms with Crippen molar-refractivity contribution in [2.24, 2.45) is 0 Å². The van der Waals surface area contributed by atoms with Gasteiger partial charge in [0.1, 0.15) is 11.4 Å².